The lowest BCUT2D eigenvalue weighted by Gasteiger charge is -2.34. The molecule has 274 valence electrons. The Hall–Kier alpha value is -6.58. The fourth-order valence-corrected chi connectivity index (χ4v) is 9.81. The van der Waals surface area contributed by atoms with E-state index in [4.69, 9.17) is 4.74 Å². The van der Waals surface area contributed by atoms with Gasteiger partial charge in [0.1, 0.15) is 23.5 Å². The summed E-state index contributed by atoms with van der Waals surface area (Å²) in [5, 5.41) is 29.9. The molecule has 0 N–H and O–H groups in total. The molecule has 0 bridgehead atoms. The summed E-state index contributed by atoms with van der Waals surface area (Å²) < 4.78 is 41.1. The van der Waals surface area contributed by atoms with Crippen molar-refractivity contribution in [2.24, 2.45) is 0 Å². The maximum atomic E-state index is 16.6. The van der Waals surface area contributed by atoms with E-state index in [-0.39, 0.29) is 46.3 Å². The maximum absolute atomic E-state index is 16.6. The zero-order valence-corrected chi connectivity index (χ0v) is 32.1. The average molecular weight is 739 g/mol. The largest absolute Gasteiger partial charge is 0.737 e. The number of halogens is 2. The minimum Gasteiger partial charge on any atom is -0.427 e. The molecule has 0 fully saturated rings. The molecule has 0 unspecified atom stereocenters. The molecule has 0 saturated carbocycles. The molecule has 0 amide bonds. The van der Waals surface area contributed by atoms with Crippen molar-refractivity contribution in [2.45, 2.75) is 60.8 Å². The second kappa shape index (κ2) is 12.5. The summed E-state index contributed by atoms with van der Waals surface area (Å²) in [4.78, 5) is 13.3. The second-order valence-corrected chi connectivity index (χ2v) is 15.3. The van der Waals surface area contributed by atoms with Crippen LogP contribution in [-0.4, -0.2) is 27.6 Å². The van der Waals surface area contributed by atoms with Crippen molar-refractivity contribution in [3.05, 3.63) is 140 Å². The van der Waals surface area contributed by atoms with Crippen LogP contribution in [-0.2, 0) is 11.2 Å². The number of rotatable bonds is 6. The van der Waals surface area contributed by atoms with Crippen LogP contribution < -0.4 is 4.74 Å². The van der Waals surface area contributed by atoms with E-state index in [0.717, 1.165) is 8.96 Å². The molecule has 2 aliphatic heterocycles. The average Bonchev–Trinajstić information content (AvgIpc) is 3.59. The fraction of sp³-hybridized carbons (Fsp3) is 0.191. The second-order valence-electron chi connectivity index (χ2n) is 15.3. The minimum atomic E-state index is -4.42. The van der Waals surface area contributed by atoms with E-state index in [2.05, 4.69) is 78.9 Å². The van der Waals surface area contributed by atoms with Gasteiger partial charge < -0.3 is 22.3 Å². The van der Waals surface area contributed by atoms with E-state index < -0.39 is 6.97 Å². The SMILES string of the molecule is CC1=C(C#N)C(C)=[N+]2C1=C(c1c(C)cc(OC(=O)CCCc3ccc4c5cccc6cccc(c7cccc3c74)c65)cc1C)c1c(C)c(C#N)c(C)n1[B-]2(F)F. The molecule has 1 aromatic heterocycles. The molecule has 0 atom stereocenters. The van der Waals surface area contributed by atoms with E-state index >= 15 is 8.63 Å². The number of nitrogens with zero attached hydrogens (tertiary/aromatic N) is 4. The normalized spacial score (nSPS) is 15.0. The minimum absolute atomic E-state index is 0.175. The van der Waals surface area contributed by atoms with Gasteiger partial charge >= 0.3 is 12.9 Å². The molecule has 0 radical (unpaired) electrons. The topological polar surface area (TPSA) is 81.8 Å². The van der Waals surface area contributed by atoms with Gasteiger partial charge in [0.15, 0.2) is 11.4 Å². The van der Waals surface area contributed by atoms with Crippen LogP contribution in [0.4, 0.5) is 8.63 Å². The number of carbonyl (C=O) groups excluding carboxylic acids is 1. The number of benzene rings is 6. The van der Waals surface area contributed by atoms with Crippen LogP contribution in [0.2, 0.25) is 0 Å². The first-order chi connectivity index (χ1) is 26.9. The van der Waals surface area contributed by atoms with E-state index in [1.165, 1.54) is 62.5 Å². The number of ether oxygens (including phenoxy) is 1. The number of allylic oxidation sites excluding steroid dienone is 2. The van der Waals surface area contributed by atoms with Crippen LogP contribution in [0, 0.1) is 50.4 Å². The standard InChI is InChI=1S/C47H37BF2N4O2/c1-25-21-33(22-26(2)42(25)45-46-27(3)39(23-51)29(5)53(46)48(49,50)54-30(6)40(24-52)28(4)47(45)54)56-41(55)18-9-11-31-19-20-38-36-16-8-13-32-12-7-15-35(43(32)36)37-17-10-14-34(31)44(37)38/h7-8,10,12-17,19-22H,9,11,18H2,1-6H3. The highest BCUT2D eigenvalue weighted by molar-refractivity contribution is 6.58. The Balaban J connectivity index is 1.02. The van der Waals surface area contributed by atoms with Crippen molar-refractivity contribution >= 4 is 67.3 Å². The number of carbonyl (C=O) groups is 1. The van der Waals surface area contributed by atoms with Crippen LogP contribution in [0.1, 0.15) is 71.5 Å². The van der Waals surface area contributed by atoms with E-state index in [0.29, 0.717) is 52.0 Å². The summed E-state index contributed by atoms with van der Waals surface area (Å²) in [6, 6.07) is 31.6. The Labute approximate surface area is 323 Å². The Bertz CT molecular complexity index is 3040. The van der Waals surface area contributed by atoms with Gasteiger partial charge in [0, 0.05) is 30.3 Å². The maximum Gasteiger partial charge on any atom is 0.737 e. The molecular formula is C47H37BF2N4O2. The first-order valence-corrected chi connectivity index (χ1v) is 18.9. The molecular weight excluding hydrogens is 701 g/mol. The van der Waals surface area contributed by atoms with Gasteiger partial charge in [-0.15, -0.1) is 0 Å². The van der Waals surface area contributed by atoms with Gasteiger partial charge in [-0.25, -0.2) is 0 Å². The van der Waals surface area contributed by atoms with E-state index in [9.17, 15) is 15.3 Å². The van der Waals surface area contributed by atoms with Crippen molar-refractivity contribution in [2.75, 3.05) is 0 Å². The lowest BCUT2D eigenvalue weighted by atomic mass is 9.81. The Morgan fingerprint density at radius 1 is 0.804 bits per heavy atom. The predicted molar refractivity (Wildman–Crippen MR) is 219 cm³/mol. The van der Waals surface area contributed by atoms with Gasteiger partial charge in [-0.3, -0.25) is 4.79 Å². The number of nitriles is 2. The van der Waals surface area contributed by atoms with Gasteiger partial charge in [0.2, 0.25) is 0 Å². The smallest absolute Gasteiger partial charge is 0.427 e. The van der Waals surface area contributed by atoms with Gasteiger partial charge in [-0.1, -0.05) is 66.7 Å². The summed E-state index contributed by atoms with van der Waals surface area (Å²) in [5.74, 6) is 0.0155. The predicted octanol–water partition coefficient (Wildman–Crippen LogP) is 10.9. The summed E-state index contributed by atoms with van der Waals surface area (Å²) >= 11 is 0. The van der Waals surface area contributed by atoms with Crippen LogP contribution >= 0.6 is 0 Å². The van der Waals surface area contributed by atoms with Crippen LogP contribution in [0.15, 0.2) is 95.7 Å². The molecule has 3 heterocycles. The molecule has 0 spiro atoms. The van der Waals surface area contributed by atoms with Gasteiger partial charge in [-0.2, -0.15) is 10.5 Å². The zero-order valence-electron chi connectivity index (χ0n) is 32.1. The van der Waals surface area contributed by atoms with Crippen molar-refractivity contribution in [3.63, 3.8) is 0 Å². The molecule has 9 heteroatoms. The molecule has 6 nitrogen and oxygen atoms in total. The number of hydrogen-bond acceptors (Lipinski definition) is 4. The molecule has 0 saturated heterocycles. The van der Waals surface area contributed by atoms with E-state index in [1.807, 2.05) is 13.8 Å². The molecule has 56 heavy (non-hydrogen) atoms. The van der Waals surface area contributed by atoms with Crippen molar-refractivity contribution in [1.29, 1.82) is 10.5 Å². The fourth-order valence-electron chi connectivity index (χ4n) is 9.81. The van der Waals surface area contributed by atoms with Crippen molar-refractivity contribution < 1.29 is 22.6 Å². The van der Waals surface area contributed by atoms with Gasteiger partial charge in [-0.05, 0) is 131 Å². The number of aryl methyl sites for hydroxylation is 3. The van der Waals surface area contributed by atoms with Crippen molar-refractivity contribution in [3.8, 4) is 17.9 Å². The third-order valence-electron chi connectivity index (χ3n) is 12.1. The number of esters is 1. The lowest BCUT2D eigenvalue weighted by Crippen LogP contribution is -2.51. The molecule has 2 aliphatic rings. The molecule has 6 aromatic carbocycles. The van der Waals surface area contributed by atoms with Crippen LogP contribution in [0.3, 0.4) is 0 Å². The first kappa shape index (κ1) is 35.1. The molecule has 9 rings (SSSR count). The number of aromatic nitrogens is 1. The third kappa shape index (κ3) is 4.77. The first-order valence-electron chi connectivity index (χ1n) is 18.9. The van der Waals surface area contributed by atoms with Crippen LogP contribution in [0.5, 0.6) is 5.75 Å². The highest BCUT2D eigenvalue weighted by Gasteiger charge is 2.57. The van der Waals surface area contributed by atoms with Crippen molar-refractivity contribution in [1.82, 2.24) is 4.48 Å². The quantitative estimate of drug-likeness (QED) is 0.0559. The highest BCUT2D eigenvalue weighted by atomic mass is 19.2. The van der Waals surface area contributed by atoms with Gasteiger partial charge in [0.25, 0.3) is 0 Å². The Kier molecular flexibility index (Phi) is 7.83. The van der Waals surface area contributed by atoms with Gasteiger partial charge in [0.05, 0.1) is 11.1 Å². The lowest BCUT2D eigenvalue weighted by molar-refractivity contribution is -0.363. The highest BCUT2D eigenvalue weighted by Crippen LogP contribution is 2.48. The zero-order chi connectivity index (χ0) is 39.4. The number of hydrogen-bond donors (Lipinski definition) is 0. The summed E-state index contributed by atoms with van der Waals surface area (Å²) in [6.45, 7) is 5.78. The summed E-state index contributed by atoms with van der Waals surface area (Å²) in [7, 11) is 0. The van der Waals surface area contributed by atoms with Crippen LogP contribution in [0.25, 0.3) is 48.7 Å². The molecule has 0 aliphatic carbocycles. The molecule has 7 aromatic rings. The third-order valence-corrected chi connectivity index (χ3v) is 12.1. The Morgan fingerprint density at radius 2 is 1.41 bits per heavy atom. The summed E-state index contributed by atoms with van der Waals surface area (Å²) in [5.41, 5.74) is 6.02. The monoisotopic (exact) mass is 738 g/mol. The Morgan fingerprint density at radius 3 is 2.05 bits per heavy atom. The number of fused-ring (bicyclic) bond motifs is 4. The summed E-state index contributed by atoms with van der Waals surface area (Å²) in [6.07, 6.45) is 1.52. The van der Waals surface area contributed by atoms with E-state index in [1.54, 1.807) is 26.0 Å².